The van der Waals surface area contributed by atoms with E-state index in [0.717, 1.165) is 23.5 Å². The second kappa shape index (κ2) is 7.04. The molecule has 1 unspecified atom stereocenters. The van der Waals surface area contributed by atoms with E-state index in [2.05, 4.69) is 24.1 Å². The zero-order chi connectivity index (χ0) is 15.2. The second-order valence-electron chi connectivity index (χ2n) is 4.79. The van der Waals surface area contributed by atoms with E-state index in [9.17, 15) is 0 Å². The van der Waals surface area contributed by atoms with Gasteiger partial charge in [0, 0.05) is 11.8 Å². The summed E-state index contributed by atoms with van der Waals surface area (Å²) in [6, 6.07) is 11.5. The Hall–Kier alpha value is -2.14. The quantitative estimate of drug-likeness (QED) is 0.798. The molecular weight excluding hydrogens is 282 g/mol. The van der Waals surface area contributed by atoms with Crippen molar-refractivity contribution in [2.75, 3.05) is 5.32 Å². The molecule has 0 saturated heterocycles. The Kier molecular flexibility index (Phi) is 5.11. The number of nitrogens with two attached hydrogens (primary N) is 1. The Morgan fingerprint density at radius 3 is 2.76 bits per heavy atom. The molecular formula is C16H19N3OS. The van der Waals surface area contributed by atoms with Gasteiger partial charge in [-0.05, 0) is 37.6 Å². The van der Waals surface area contributed by atoms with E-state index in [4.69, 9.17) is 22.7 Å². The first kappa shape index (κ1) is 15.3. The highest BCUT2D eigenvalue weighted by molar-refractivity contribution is 7.80. The molecule has 21 heavy (non-hydrogen) atoms. The summed E-state index contributed by atoms with van der Waals surface area (Å²) >= 11 is 4.88. The summed E-state index contributed by atoms with van der Waals surface area (Å²) in [6.07, 6.45) is 2.88. The van der Waals surface area contributed by atoms with Crippen LogP contribution in [0.5, 0.6) is 5.75 Å². The molecule has 1 atom stereocenters. The van der Waals surface area contributed by atoms with Crippen molar-refractivity contribution >= 4 is 28.6 Å². The van der Waals surface area contributed by atoms with Crippen LogP contribution in [0.2, 0.25) is 0 Å². The molecule has 0 radical (unpaired) electrons. The fraction of sp³-hybridized carbons (Fsp3) is 0.250. The smallest absolute Gasteiger partial charge is 0.122 e. The summed E-state index contributed by atoms with van der Waals surface area (Å²) in [5, 5.41) is 3.28. The zero-order valence-electron chi connectivity index (χ0n) is 12.2. The average Bonchev–Trinajstić information content (AvgIpc) is 2.48. The number of aromatic nitrogens is 1. The van der Waals surface area contributed by atoms with Gasteiger partial charge in [0.25, 0.3) is 0 Å². The predicted molar refractivity (Wildman–Crippen MR) is 90.2 cm³/mol. The number of thiocarbonyl (C=S) groups is 1. The van der Waals surface area contributed by atoms with Gasteiger partial charge in [-0.1, -0.05) is 25.2 Å². The molecule has 3 N–H and O–H groups in total. The second-order valence-corrected chi connectivity index (χ2v) is 5.23. The normalized spacial score (nSPS) is 11.7. The maximum Gasteiger partial charge on any atom is 0.122 e. The summed E-state index contributed by atoms with van der Waals surface area (Å²) in [4.78, 5) is 4.50. The van der Waals surface area contributed by atoms with Crippen LogP contribution in [-0.2, 0) is 0 Å². The molecule has 4 nitrogen and oxygen atoms in total. The van der Waals surface area contributed by atoms with Gasteiger partial charge in [0.15, 0.2) is 0 Å². The highest BCUT2D eigenvalue weighted by Crippen LogP contribution is 2.22. The third kappa shape index (κ3) is 4.43. The Labute approximate surface area is 130 Å². The minimum absolute atomic E-state index is 0.201. The number of hydrogen-bond acceptors (Lipinski definition) is 4. The monoisotopic (exact) mass is 301 g/mol. The topological polar surface area (TPSA) is 60.2 Å². The lowest BCUT2D eigenvalue weighted by atomic mass is 10.2. The van der Waals surface area contributed by atoms with Crippen LogP contribution in [0.15, 0.2) is 42.6 Å². The van der Waals surface area contributed by atoms with E-state index < -0.39 is 0 Å². The molecule has 1 heterocycles. The van der Waals surface area contributed by atoms with E-state index >= 15 is 0 Å². The fourth-order valence-corrected chi connectivity index (χ4v) is 1.86. The number of pyridine rings is 1. The van der Waals surface area contributed by atoms with Crippen molar-refractivity contribution < 1.29 is 4.74 Å². The van der Waals surface area contributed by atoms with Crippen LogP contribution in [0.25, 0.3) is 0 Å². The van der Waals surface area contributed by atoms with E-state index in [-0.39, 0.29) is 6.10 Å². The number of nitrogens with one attached hydrogen (secondary N) is 1. The van der Waals surface area contributed by atoms with Gasteiger partial charge in [-0.15, -0.1) is 0 Å². The summed E-state index contributed by atoms with van der Waals surface area (Å²) in [7, 11) is 0. The molecule has 110 valence electrons. The van der Waals surface area contributed by atoms with Crippen molar-refractivity contribution in [1.82, 2.24) is 4.98 Å². The maximum atomic E-state index is 5.80. The van der Waals surface area contributed by atoms with Crippen LogP contribution in [0, 0.1) is 0 Å². The lowest BCUT2D eigenvalue weighted by Crippen LogP contribution is -2.11. The van der Waals surface area contributed by atoms with Gasteiger partial charge in [0.1, 0.15) is 10.7 Å². The number of anilines is 2. The Morgan fingerprint density at radius 1 is 1.33 bits per heavy atom. The molecule has 2 rings (SSSR count). The van der Waals surface area contributed by atoms with E-state index in [0.29, 0.717) is 10.7 Å². The van der Waals surface area contributed by atoms with Gasteiger partial charge in [0.05, 0.1) is 23.7 Å². The largest absolute Gasteiger partial charge is 0.491 e. The van der Waals surface area contributed by atoms with Gasteiger partial charge in [-0.3, -0.25) is 4.98 Å². The lowest BCUT2D eigenvalue weighted by molar-refractivity contribution is 0.217. The van der Waals surface area contributed by atoms with Crippen molar-refractivity contribution in [3.05, 3.63) is 48.3 Å². The highest BCUT2D eigenvalue weighted by Gasteiger charge is 2.03. The minimum Gasteiger partial charge on any atom is -0.491 e. The Balaban J connectivity index is 2.08. The summed E-state index contributed by atoms with van der Waals surface area (Å²) < 4.78 is 5.80. The predicted octanol–water partition coefficient (Wildman–Crippen LogP) is 3.64. The first-order chi connectivity index (χ1) is 10.1. The van der Waals surface area contributed by atoms with Crippen LogP contribution in [-0.4, -0.2) is 16.1 Å². The molecule has 0 aliphatic carbocycles. The zero-order valence-corrected chi connectivity index (χ0v) is 13.0. The van der Waals surface area contributed by atoms with E-state index in [1.54, 1.807) is 12.3 Å². The molecule has 0 amide bonds. The molecule has 5 heteroatoms. The van der Waals surface area contributed by atoms with Gasteiger partial charge >= 0.3 is 0 Å². The lowest BCUT2D eigenvalue weighted by Gasteiger charge is -2.14. The first-order valence-corrected chi connectivity index (χ1v) is 7.29. The maximum absolute atomic E-state index is 5.80. The molecule has 0 spiro atoms. The Bertz CT molecular complexity index is 613. The van der Waals surface area contributed by atoms with Gasteiger partial charge in [-0.2, -0.15) is 0 Å². The summed E-state index contributed by atoms with van der Waals surface area (Å²) in [5.74, 6) is 0.849. The molecule has 0 aliphatic heterocycles. The first-order valence-electron chi connectivity index (χ1n) is 6.88. The molecule has 2 aromatic rings. The minimum atomic E-state index is 0.201. The summed E-state index contributed by atoms with van der Waals surface area (Å²) in [6.45, 7) is 4.15. The molecule has 1 aromatic heterocycles. The number of hydrogen-bond donors (Lipinski definition) is 2. The number of ether oxygens (including phenoxy) is 1. The average molecular weight is 301 g/mol. The molecule has 0 fully saturated rings. The molecule has 0 aliphatic rings. The number of benzene rings is 1. The number of rotatable bonds is 6. The molecule has 1 aromatic carbocycles. The van der Waals surface area contributed by atoms with E-state index in [1.807, 2.05) is 30.3 Å². The summed E-state index contributed by atoms with van der Waals surface area (Å²) in [5.41, 5.74) is 7.96. The van der Waals surface area contributed by atoms with Gasteiger partial charge < -0.3 is 15.8 Å². The van der Waals surface area contributed by atoms with Crippen molar-refractivity contribution in [2.45, 2.75) is 26.4 Å². The van der Waals surface area contributed by atoms with Crippen LogP contribution in [0.4, 0.5) is 11.4 Å². The van der Waals surface area contributed by atoms with Gasteiger partial charge in [-0.25, -0.2) is 0 Å². The van der Waals surface area contributed by atoms with Gasteiger partial charge in [0.2, 0.25) is 0 Å². The third-order valence-electron chi connectivity index (χ3n) is 3.05. The third-order valence-corrected chi connectivity index (χ3v) is 3.26. The van der Waals surface area contributed by atoms with Crippen molar-refractivity contribution in [1.29, 1.82) is 0 Å². The standard InChI is InChI=1S/C16H19N3OS/c1-3-11(2)20-14-6-4-5-12(9-14)19-13-7-8-15(16(17)21)18-10-13/h4-11,19H,3H2,1-2H3,(H2,17,21). The highest BCUT2D eigenvalue weighted by atomic mass is 32.1. The van der Waals surface area contributed by atoms with Crippen LogP contribution in [0.1, 0.15) is 26.0 Å². The van der Waals surface area contributed by atoms with Crippen molar-refractivity contribution in [3.63, 3.8) is 0 Å². The van der Waals surface area contributed by atoms with Crippen molar-refractivity contribution in [2.24, 2.45) is 5.73 Å². The van der Waals surface area contributed by atoms with Crippen LogP contribution < -0.4 is 15.8 Å². The van der Waals surface area contributed by atoms with Crippen molar-refractivity contribution in [3.8, 4) is 5.75 Å². The van der Waals surface area contributed by atoms with E-state index in [1.165, 1.54) is 0 Å². The SMILES string of the molecule is CCC(C)Oc1cccc(Nc2ccc(C(N)=S)nc2)c1. The molecule has 0 bridgehead atoms. The van der Waals surface area contributed by atoms with Crippen LogP contribution >= 0.6 is 12.2 Å². The molecule has 0 saturated carbocycles. The van der Waals surface area contributed by atoms with Crippen LogP contribution in [0.3, 0.4) is 0 Å². The number of nitrogens with zero attached hydrogens (tertiary/aromatic N) is 1. The Morgan fingerprint density at radius 2 is 2.14 bits per heavy atom. The fourth-order valence-electron chi connectivity index (χ4n) is 1.74.